The number of hydrogen-bond donors (Lipinski definition) is 3. The third kappa shape index (κ3) is 324. The van der Waals surface area contributed by atoms with Crippen molar-refractivity contribution in [1.29, 1.82) is 0 Å². The van der Waals surface area contributed by atoms with Crippen LogP contribution in [0.25, 0.3) is 0 Å². The van der Waals surface area contributed by atoms with Crippen LogP contribution in [0.4, 0.5) is 0 Å². The molecule has 0 radical (unpaired) electrons. The van der Waals surface area contributed by atoms with Gasteiger partial charge >= 0.3 is 37.7 Å². The van der Waals surface area contributed by atoms with E-state index in [9.17, 15) is 0 Å². The van der Waals surface area contributed by atoms with Crippen LogP contribution in [0.15, 0.2) is 0 Å². The van der Waals surface area contributed by atoms with Crippen molar-refractivity contribution in [3.8, 4) is 0 Å². The van der Waals surface area contributed by atoms with E-state index in [4.69, 9.17) is 32.6 Å². The molecule has 7 nitrogen and oxygen atoms in total. The predicted octanol–water partition coefficient (Wildman–Crippen LogP) is -2.89. The topological polar surface area (TPSA) is 141 Å². The fourth-order valence-electron chi connectivity index (χ4n) is 0. The Bertz CT molecular complexity index is 113. The molecule has 0 amide bonds. The minimum atomic E-state index is -5.14. The van der Waals surface area contributed by atoms with E-state index < -0.39 is 19.2 Å². The van der Waals surface area contributed by atoms with Crippen LogP contribution in [0.1, 0.15) is 0 Å². The monoisotopic (exact) mass is 218 g/mol. The van der Waals surface area contributed by atoms with Crippen molar-refractivity contribution in [3.05, 3.63) is 0 Å². The van der Waals surface area contributed by atoms with E-state index in [1.165, 1.54) is 0 Å². The Hall–Kier alpha value is 1.44. The van der Waals surface area contributed by atoms with Crippen LogP contribution < -0.4 is 9.79 Å². The van der Waals surface area contributed by atoms with Crippen molar-refractivity contribution in [3.63, 3.8) is 0 Å². The average Bonchev–Trinajstić information content (AvgIpc) is 1.19. The molecular formula is H3CaO7PS. The number of rotatable bonds is 0. The maximum absolute atomic E-state index is 8.67. The molecule has 10 heavy (non-hydrogen) atoms. The van der Waals surface area contributed by atoms with Crippen LogP contribution in [0.3, 0.4) is 0 Å². The van der Waals surface area contributed by atoms with Gasteiger partial charge in [-0.2, -0.15) is 4.21 Å². The summed E-state index contributed by atoms with van der Waals surface area (Å²) in [6.07, 6.45) is 0. The summed E-state index contributed by atoms with van der Waals surface area (Å²) in [7, 11) is -5.14. The third-order valence-electron chi connectivity index (χ3n) is 0. The normalized spacial score (nSPS) is 9.40. The second kappa shape index (κ2) is 8.54. The van der Waals surface area contributed by atoms with Gasteiger partial charge in [0, 0.05) is 0 Å². The van der Waals surface area contributed by atoms with Crippen LogP contribution in [-0.4, -0.2) is 55.9 Å². The molecule has 0 aliphatic heterocycles. The zero-order chi connectivity index (χ0) is 8.08. The summed E-state index contributed by atoms with van der Waals surface area (Å²) in [6, 6.07) is 0. The van der Waals surface area contributed by atoms with Gasteiger partial charge in [0.15, 0.2) is 0 Å². The van der Waals surface area contributed by atoms with Crippen molar-refractivity contribution in [2.24, 2.45) is 0 Å². The maximum Gasteiger partial charge on any atom is 2.00 e. The Morgan fingerprint density at radius 3 is 1.30 bits per heavy atom. The zero-order valence-corrected chi connectivity index (χ0v) is 8.46. The molecule has 10 heteroatoms. The van der Waals surface area contributed by atoms with Crippen molar-refractivity contribution >= 4 is 56.9 Å². The second-order valence-corrected chi connectivity index (χ2v) is 2.10. The molecule has 0 aliphatic carbocycles. The molecule has 0 unspecified atom stereocenters. The summed E-state index contributed by atoms with van der Waals surface area (Å²) in [5.41, 5.74) is 0. The Labute approximate surface area is 88.8 Å². The van der Waals surface area contributed by atoms with E-state index in [2.05, 4.69) is 0 Å². The van der Waals surface area contributed by atoms with Gasteiger partial charge in [-0.25, -0.2) is 0 Å². The first-order valence-electron chi connectivity index (χ1n) is 1.28. The molecule has 0 rings (SSSR count). The Kier molecular flexibility index (Phi) is 14.9. The van der Waals surface area contributed by atoms with Crippen molar-refractivity contribution in [1.82, 2.24) is 0 Å². The van der Waals surface area contributed by atoms with E-state index in [1.54, 1.807) is 0 Å². The van der Waals surface area contributed by atoms with Crippen molar-refractivity contribution < 1.29 is 32.6 Å². The number of phosphoric acid groups is 1. The van der Waals surface area contributed by atoms with Gasteiger partial charge in [0.05, 0.1) is 7.82 Å². The molecule has 0 aromatic carbocycles. The molecule has 0 spiro atoms. The fraction of sp³-hybridized carbons (Fsp3) is 0. The number of hydrogen-bond acceptors (Lipinski definition) is 4. The molecule has 0 aromatic heterocycles. The summed E-state index contributed by atoms with van der Waals surface area (Å²) in [5, 5.41) is 0. The molecule has 0 bridgehead atoms. The van der Waals surface area contributed by atoms with Gasteiger partial charge < -0.3 is 19.2 Å². The van der Waals surface area contributed by atoms with E-state index in [0.29, 0.717) is 0 Å². The predicted molar refractivity (Wildman–Crippen MR) is 29.0 cm³/mol. The van der Waals surface area contributed by atoms with Gasteiger partial charge in [-0.1, -0.05) is 0 Å². The Morgan fingerprint density at radius 1 is 1.30 bits per heavy atom. The van der Waals surface area contributed by atoms with Gasteiger partial charge in [-0.15, -0.1) is 0 Å². The average molecular weight is 218 g/mol. The van der Waals surface area contributed by atoms with E-state index in [1.807, 2.05) is 0 Å². The van der Waals surface area contributed by atoms with E-state index >= 15 is 0 Å². The summed E-state index contributed by atoms with van der Waals surface area (Å²) < 4.78 is 31.5. The Morgan fingerprint density at radius 2 is 1.30 bits per heavy atom. The maximum atomic E-state index is 8.67. The molecule has 3 N–H and O–H groups in total. The minimum absolute atomic E-state index is 0. The standard InChI is InChI=1S/Ca.H3O4P.H2O3S/c;1-5(2,3)4;1-4(2)3/h;(H3,1,2,3,4);(H2,1,2,3)/q+2;;/p-2. The second-order valence-electron chi connectivity index (χ2n) is 0.699. The quantitative estimate of drug-likeness (QED) is 0.225. The largest absolute Gasteiger partial charge is 2.00 e. The van der Waals surface area contributed by atoms with Crippen LogP contribution in [0.5, 0.6) is 0 Å². The fourth-order valence-corrected chi connectivity index (χ4v) is 0. The zero-order valence-electron chi connectivity index (χ0n) is 4.54. The van der Waals surface area contributed by atoms with Crippen molar-refractivity contribution in [2.75, 3.05) is 0 Å². The first kappa shape index (κ1) is 17.5. The molecule has 58 valence electrons. The van der Waals surface area contributed by atoms with Crippen LogP contribution in [-0.2, 0) is 15.9 Å². The van der Waals surface area contributed by atoms with Gasteiger partial charge in [0.1, 0.15) is 0 Å². The van der Waals surface area contributed by atoms with Crippen LogP contribution in [0, 0.1) is 0 Å². The molecular weight excluding hydrogens is 215 g/mol. The summed E-state index contributed by atoms with van der Waals surface area (Å²) in [5.74, 6) is 0. The molecule has 0 aromatic rings. The molecule has 0 atom stereocenters. The first-order valence-corrected chi connectivity index (χ1v) is 3.84. The van der Waals surface area contributed by atoms with Crippen LogP contribution in [0.2, 0.25) is 0 Å². The smallest absolute Gasteiger partial charge is 0.790 e. The molecule has 0 saturated carbocycles. The molecule has 0 fully saturated rings. The SMILES string of the molecule is O=P([O-])([O-])O.O=S(O)O.[Ca+2]. The summed E-state index contributed by atoms with van der Waals surface area (Å²) in [6.45, 7) is 0. The molecule has 0 saturated heterocycles. The third-order valence-corrected chi connectivity index (χ3v) is 0. The molecule has 0 aliphatic rings. The first-order chi connectivity index (χ1) is 3.73. The summed E-state index contributed by atoms with van der Waals surface area (Å²) >= 11 is -2.61. The van der Waals surface area contributed by atoms with Crippen LogP contribution >= 0.6 is 7.82 Å². The Balaban J connectivity index is -0.0000000910. The van der Waals surface area contributed by atoms with Gasteiger partial charge in [-0.3, -0.25) is 9.11 Å². The van der Waals surface area contributed by atoms with E-state index in [-0.39, 0.29) is 37.7 Å². The van der Waals surface area contributed by atoms with Gasteiger partial charge in [-0.05, 0) is 0 Å². The van der Waals surface area contributed by atoms with E-state index in [0.717, 1.165) is 0 Å². The van der Waals surface area contributed by atoms with Gasteiger partial charge in [0.2, 0.25) is 0 Å². The minimum Gasteiger partial charge on any atom is -0.790 e. The van der Waals surface area contributed by atoms with Gasteiger partial charge in [0.25, 0.3) is 11.4 Å². The molecule has 0 heterocycles. The van der Waals surface area contributed by atoms with Crippen molar-refractivity contribution in [2.45, 2.75) is 0 Å². The summed E-state index contributed by atoms with van der Waals surface area (Å²) in [4.78, 5) is 24.3.